The van der Waals surface area contributed by atoms with Crippen molar-refractivity contribution in [3.63, 3.8) is 0 Å². The van der Waals surface area contributed by atoms with Crippen LogP contribution in [0.2, 0.25) is 0 Å². The maximum Gasteiger partial charge on any atom is 0.201 e. The number of aromatic nitrogens is 2. The topological polar surface area (TPSA) is 44.0 Å². The largest absolute Gasteiger partial charge is 0.352 e. The highest BCUT2D eigenvalue weighted by Gasteiger charge is 2.13. The van der Waals surface area contributed by atoms with Gasteiger partial charge in [0.15, 0.2) is 0 Å². The van der Waals surface area contributed by atoms with Crippen molar-refractivity contribution in [3.05, 3.63) is 24.3 Å². The van der Waals surface area contributed by atoms with Gasteiger partial charge in [0.2, 0.25) is 5.95 Å². The van der Waals surface area contributed by atoms with Gasteiger partial charge >= 0.3 is 0 Å². The van der Waals surface area contributed by atoms with Crippen LogP contribution >= 0.6 is 0 Å². The number of H-pyrrole nitrogens is 1. The Labute approximate surface area is 115 Å². The van der Waals surface area contributed by atoms with E-state index in [4.69, 9.17) is 0 Å². The molecule has 1 heterocycles. The Bertz CT molecular complexity index is 473. The molecule has 0 fully saturated rings. The third-order valence-corrected chi connectivity index (χ3v) is 3.07. The highest BCUT2D eigenvalue weighted by Crippen LogP contribution is 2.16. The lowest BCUT2D eigenvalue weighted by atomic mass is 10.0. The van der Waals surface area contributed by atoms with Gasteiger partial charge in [0.05, 0.1) is 11.0 Å². The highest BCUT2D eigenvalue weighted by molar-refractivity contribution is 5.77. The highest BCUT2D eigenvalue weighted by atomic mass is 15.2. The molecule has 0 bridgehead atoms. The van der Waals surface area contributed by atoms with E-state index in [-0.39, 0.29) is 0 Å². The van der Waals surface area contributed by atoms with Crippen LogP contribution in [0.25, 0.3) is 11.0 Å². The molecule has 19 heavy (non-hydrogen) atoms. The van der Waals surface area contributed by atoms with Gasteiger partial charge in [-0.25, -0.2) is 4.98 Å². The second-order valence-electron chi connectivity index (χ2n) is 5.84. The number of nitrogens with one attached hydrogen (secondary N) is 2. The van der Waals surface area contributed by atoms with Crippen LogP contribution < -0.4 is 5.32 Å². The first-order valence-corrected chi connectivity index (χ1v) is 6.90. The number of para-hydroxylation sites is 2. The summed E-state index contributed by atoms with van der Waals surface area (Å²) in [5, 5.41) is 3.52. The zero-order valence-corrected chi connectivity index (χ0v) is 12.3. The maximum absolute atomic E-state index is 4.58. The number of likely N-dealkylation sites (N-methyl/N-ethyl adjacent to an activating group) is 1. The molecule has 0 spiro atoms. The minimum absolute atomic E-state index is 0.413. The molecule has 0 saturated heterocycles. The molecule has 0 aliphatic rings. The third-order valence-electron chi connectivity index (χ3n) is 3.07. The monoisotopic (exact) mass is 260 g/mol. The zero-order chi connectivity index (χ0) is 13.8. The number of hydrogen-bond donors (Lipinski definition) is 2. The van der Waals surface area contributed by atoms with Gasteiger partial charge in [-0.1, -0.05) is 26.0 Å². The molecular weight excluding hydrogens is 236 g/mol. The molecule has 4 nitrogen and oxygen atoms in total. The summed E-state index contributed by atoms with van der Waals surface area (Å²) in [7, 11) is 4.21. The fourth-order valence-corrected chi connectivity index (χ4v) is 2.40. The van der Waals surface area contributed by atoms with Crippen LogP contribution in [0.5, 0.6) is 0 Å². The lowest BCUT2D eigenvalue weighted by Crippen LogP contribution is -2.33. The minimum Gasteiger partial charge on any atom is -0.352 e. The summed E-state index contributed by atoms with van der Waals surface area (Å²) in [6, 6.07) is 8.53. The smallest absolute Gasteiger partial charge is 0.201 e. The molecule has 2 N–H and O–H groups in total. The van der Waals surface area contributed by atoms with Crippen molar-refractivity contribution in [2.45, 2.75) is 26.3 Å². The average molecular weight is 260 g/mol. The molecule has 1 aromatic heterocycles. The standard InChI is InChI=1S/C15H24N4/c1-11(2)9-12(10-19(3)4)16-15-17-13-7-5-6-8-14(13)18-15/h5-8,11-12H,9-10H2,1-4H3,(H2,16,17,18). The average Bonchev–Trinajstić information content (AvgIpc) is 2.68. The summed E-state index contributed by atoms with van der Waals surface area (Å²) in [5.74, 6) is 1.54. The zero-order valence-electron chi connectivity index (χ0n) is 12.3. The van der Waals surface area contributed by atoms with Crippen LogP contribution in [0, 0.1) is 5.92 Å². The van der Waals surface area contributed by atoms with E-state index in [0.717, 1.165) is 29.9 Å². The van der Waals surface area contributed by atoms with Crippen molar-refractivity contribution < 1.29 is 0 Å². The molecule has 0 amide bonds. The number of aromatic amines is 1. The Morgan fingerprint density at radius 3 is 2.63 bits per heavy atom. The lowest BCUT2D eigenvalue weighted by Gasteiger charge is -2.23. The van der Waals surface area contributed by atoms with Crippen molar-refractivity contribution in [3.8, 4) is 0 Å². The third kappa shape index (κ3) is 3.96. The summed E-state index contributed by atoms with van der Waals surface area (Å²) in [6.07, 6.45) is 1.13. The van der Waals surface area contributed by atoms with Crippen LogP contribution in [-0.4, -0.2) is 41.5 Å². The van der Waals surface area contributed by atoms with Gasteiger partial charge in [-0.3, -0.25) is 0 Å². The minimum atomic E-state index is 0.413. The summed E-state index contributed by atoms with van der Waals surface area (Å²) in [5.41, 5.74) is 2.09. The van der Waals surface area contributed by atoms with E-state index in [2.05, 4.69) is 54.2 Å². The summed E-state index contributed by atoms with van der Waals surface area (Å²) in [4.78, 5) is 10.1. The van der Waals surface area contributed by atoms with Gasteiger partial charge in [0.25, 0.3) is 0 Å². The van der Waals surface area contributed by atoms with Crippen LogP contribution in [0.15, 0.2) is 24.3 Å². The summed E-state index contributed by atoms with van der Waals surface area (Å²) >= 11 is 0. The lowest BCUT2D eigenvalue weighted by molar-refractivity contribution is 0.355. The van der Waals surface area contributed by atoms with E-state index in [1.807, 2.05) is 18.2 Å². The van der Waals surface area contributed by atoms with Crippen molar-refractivity contribution in [2.24, 2.45) is 5.92 Å². The maximum atomic E-state index is 4.58. The van der Waals surface area contributed by atoms with E-state index in [1.165, 1.54) is 0 Å². The fourth-order valence-electron chi connectivity index (χ4n) is 2.40. The SMILES string of the molecule is CC(C)CC(CN(C)C)Nc1nc2ccccc2[nH]1. The van der Waals surface area contributed by atoms with Gasteiger partial charge in [-0.05, 0) is 38.6 Å². The Morgan fingerprint density at radius 1 is 1.26 bits per heavy atom. The van der Waals surface area contributed by atoms with Crippen LogP contribution in [0.4, 0.5) is 5.95 Å². The molecule has 1 atom stereocenters. The first-order valence-electron chi connectivity index (χ1n) is 6.90. The van der Waals surface area contributed by atoms with Crippen LogP contribution in [0.1, 0.15) is 20.3 Å². The van der Waals surface area contributed by atoms with E-state index in [9.17, 15) is 0 Å². The molecule has 0 radical (unpaired) electrons. The molecule has 0 aliphatic carbocycles. The number of hydrogen-bond acceptors (Lipinski definition) is 3. The van der Waals surface area contributed by atoms with Gasteiger partial charge in [-0.2, -0.15) is 0 Å². The Hall–Kier alpha value is -1.55. The fraction of sp³-hybridized carbons (Fsp3) is 0.533. The van der Waals surface area contributed by atoms with E-state index in [1.54, 1.807) is 0 Å². The number of anilines is 1. The number of nitrogens with zero attached hydrogens (tertiary/aromatic N) is 2. The number of fused-ring (bicyclic) bond motifs is 1. The number of imidazole rings is 1. The van der Waals surface area contributed by atoms with Crippen LogP contribution in [0.3, 0.4) is 0 Å². The van der Waals surface area contributed by atoms with Gasteiger partial charge in [-0.15, -0.1) is 0 Å². The second-order valence-corrected chi connectivity index (χ2v) is 5.84. The molecule has 2 aromatic rings. The first kappa shape index (κ1) is 13.9. The number of rotatable bonds is 6. The Kier molecular flexibility index (Phi) is 4.43. The van der Waals surface area contributed by atoms with Crippen molar-refractivity contribution in [1.29, 1.82) is 0 Å². The molecule has 0 saturated carbocycles. The molecule has 104 valence electrons. The Morgan fingerprint density at radius 2 is 2.00 bits per heavy atom. The van der Waals surface area contributed by atoms with Gasteiger partial charge in [0.1, 0.15) is 0 Å². The first-order chi connectivity index (χ1) is 9.04. The van der Waals surface area contributed by atoms with Crippen molar-refractivity contribution in [1.82, 2.24) is 14.9 Å². The summed E-state index contributed by atoms with van der Waals surface area (Å²) < 4.78 is 0. The summed E-state index contributed by atoms with van der Waals surface area (Å²) in [6.45, 7) is 5.52. The normalized spacial score (nSPS) is 13.4. The predicted octanol–water partition coefficient (Wildman–Crippen LogP) is 2.95. The van der Waals surface area contributed by atoms with Gasteiger partial charge in [0, 0.05) is 12.6 Å². The number of benzene rings is 1. The molecular formula is C15H24N4. The second kappa shape index (κ2) is 6.06. The van der Waals surface area contributed by atoms with Crippen molar-refractivity contribution >= 4 is 17.0 Å². The molecule has 4 heteroatoms. The van der Waals surface area contributed by atoms with E-state index >= 15 is 0 Å². The molecule has 2 rings (SSSR count). The predicted molar refractivity (Wildman–Crippen MR) is 81.5 cm³/mol. The van der Waals surface area contributed by atoms with E-state index in [0.29, 0.717) is 12.0 Å². The molecule has 1 unspecified atom stereocenters. The molecule has 0 aliphatic heterocycles. The van der Waals surface area contributed by atoms with E-state index < -0.39 is 0 Å². The quantitative estimate of drug-likeness (QED) is 0.839. The Balaban J connectivity index is 2.10. The van der Waals surface area contributed by atoms with Gasteiger partial charge < -0.3 is 15.2 Å². The van der Waals surface area contributed by atoms with Crippen LogP contribution in [-0.2, 0) is 0 Å². The van der Waals surface area contributed by atoms with Crippen molar-refractivity contribution in [2.75, 3.05) is 26.0 Å². The molecule has 1 aromatic carbocycles.